The van der Waals surface area contributed by atoms with Gasteiger partial charge in [0, 0.05) is 35.7 Å². The number of carbonyl (C=O) groups is 3. The van der Waals surface area contributed by atoms with Crippen molar-refractivity contribution in [1.82, 2.24) is 9.88 Å². The number of aromatic nitrogens is 1. The van der Waals surface area contributed by atoms with Gasteiger partial charge in [-0.3, -0.25) is 14.4 Å². The van der Waals surface area contributed by atoms with Crippen LogP contribution in [-0.4, -0.2) is 48.1 Å². The third-order valence-corrected chi connectivity index (χ3v) is 6.05. The first kappa shape index (κ1) is 24.7. The Kier molecular flexibility index (Phi) is 7.74. The number of Topliss-reactive ketones (excluding diaryl/α,β-unsaturated/α-hetero) is 1. The van der Waals surface area contributed by atoms with Crippen molar-refractivity contribution in [2.24, 2.45) is 0 Å². The Hall–Kier alpha value is -2.93. The van der Waals surface area contributed by atoms with Gasteiger partial charge in [-0.25, -0.2) is 0 Å². The summed E-state index contributed by atoms with van der Waals surface area (Å²) in [6.45, 7) is 11.0. The maximum Gasteiger partial charge on any atom is 0.325 e. The zero-order valence-electron chi connectivity index (χ0n) is 20.2. The molecule has 33 heavy (non-hydrogen) atoms. The van der Waals surface area contributed by atoms with E-state index in [1.165, 1.54) is 0 Å². The Balaban J connectivity index is 1.48. The monoisotopic (exact) mass is 454 g/mol. The molecular formula is C26H34N2O5. The van der Waals surface area contributed by atoms with Crippen LogP contribution in [0.1, 0.15) is 71.3 Å². The zero-order chi connectivity index (χ0) is 24.2. The van der Waals surface area contributed by atoms with Gasteiger partial charge in [0.25, 0.3) is 5.91 Å². The molecule has 1 amide bonds. The number of nitrogens with zero attached hydrogens (tertiary/aromatic N) is 1. The number of hydrogen-bond acceptors (Lipinski definition) is 5. The van der Waals surface area contributed by atoms with Crippen molar-refractivity contribution < 1.29 is 23.9 Å². The fourth-order valence-corrected chi connectivity index (χ4v) is 4.01. The van der Waals surface area contributed by atoms with E-state index in [9.17, 15) is 14.4 Å². The highest BCUT2D eigenvalue weighted by Crippen LogP contribution is 2.22. The molecule has 1 aromatic heterocycles. The van der Waals surface area contributed by atoms with Crippen molar-refractivity contribution in [3.8, 4) is 0 Å². The Morgan fingerprint density at radius 2 is 1.85 bits per heavy atom. The van der Waals surface area contributed by atoms with Crippen molar-refractivity contribution in [3.05, 3.63) is 58.4 Å². The number of esters is 1. The molecule has 3 rings (SSSR count). The molecule has 1 aliphatic heterocycles. The molecule has 178 valence electrons. The number of aryl methyl sites for hydroxylation is 1. The quantitative estimate of drug-likeness (QED) is 0.485. The Labute approximate surface area is 195 Å². The Bertz CT molecular complexity index is 1010. The number of amides is 1. The van der Waals surface area contributed by atoms with Crippen LogP contribution in [0, 0.1) is 13.8 Å². The first-order valence-corrected chi connectivity index (χ1v) is 11.4. The topological polar surface area (TPSA) is 86.6 Å². The van der Waals surface area contributed by atoms with Crippen LogP contribution in [-0.2, 0) is 26.2 Å². The molecule has 0 bridgehead atoms. The van der Waals surface area contributed by atoms with Crippen molar-refractivity contribution in [2.45, 2.75) is 65.5 Å². The van der Waals surface area contributed by atoms with E-state index in [0.717, 1.165) is 36.4 Å². The van der Waals surface area contributed by atoms with E-state index >= 15 is 0 Å². The second-order valence-electron chi connectivity index (χ2n) is 9.62. The van der Waals surface area contributed by atoms with Crippen molar-refractivity contribution in [2.75, 3.05) is 19.8 Å². The van der Waals surface area contributed by atoms with Gasteiger partial charge >= 0.3 is 5.97 Å². The van der Waals surface area contributed by atoms with Crippen molar-refractivity contribution >= 4 is 17.7 Å². The molecule has 1 aromatic carbocycles. The van der Waals surface area contributed by atoms with E-state index in [1.807, 2.05) is 32.0 Å². The molecule has 1 aliphatic rings. The number of ether oxygens (including phenoxy) is 2. The lowest BCUT2D eigenvalue weighted by Gasteiger charge is -2.19. The van der Waals surface area contributed by atoms with Crippen molar-refractivity contribution in [3.63, 3.8) is 0 Å². The first-order chi connectivity index (χ1) is 15.6. The minimum Gasteiger partial charge on any atom is -0.456 e. The predicted molar refractivity (Wildman–Crippen MR) is 126 cm³/mol. The number of carbonyl (C=O) groups excluding carboxylic acids is 3. The average molecular weight is 455 g/mol. The number of rotatable bonds is 8. The number of ketones is 1. The maximum atomic E-state index is 12.6. The zero-order valence-corrected chi connectivity index (χ0v) is 20.2. The normalized spacial score (nSPS) is 16.0. The fraction of sp³-hybridized carbons (Fsp3) is 0.500. The van der Waals surface area contributed by atoms with E-state index < -0.39 is 5.97 Å². The van der Waals surface area contributed by atoms with Crippen LogP contribution in [0.4, 0.5) is 0 Å². The summed E-state index contributed by atoms with van der Waals surface area (Å²) < 4.78 is 12.9. The van der Waals surface area contributed by atoms with Crippen LogP contribution in [0.15, 0.2) is 30.3 Å². The summed E-state index contributed by atoms with van der Waals surface area (Å²) in [6.07, 6.45) is 2.25. The third-order valence-electron chi connectivity index (χ3n) is 6.05. The SMILES string of the molecule is Cc1cc(C(=O)COC(=O)CNC(=O)c2ccc(C(C)(C)C)cc2)c(C)n1CC1CCCO1. The van der Waals surface area contributed by atoms with E-state index in [2.05, 4.69) is 30.7 Å². The van der Waals surface area contributed by atoms with Crippen LogP contribution in [0.3, 0.4) is 0 Å². The number of hydrogen-bond donors (Lipinski definition) is 1. The largest absolute Gasteiger partial charge is 0.456 e. The second kappa shape index (κ2) is 10.3. The number of nitrogens with one attached hydrogen (secondary N) is 1. The molecule has 1 unspecified atom stereocenters. The summed E-state index contributed by atoms with van der Waals surface area (Å²) in [4.78, 5) is 37.0. The van der Waals surface area contributed by atoms with Crippen LogP contribution < -0.4 is 5.32 Å². The Morgan fingerprint density at radius 1 is 1.15 bits per heavy atom. The summed E-state index contributed by atoms with van der Waals surface area (Å²) in [5.74, 6) is -1.29. The van der Waals surface area contributed by atoms with Crippen LogP contribution >= 0.6 is 0 Å². The minimum absolute atomic E-state index is 0.00645. The van der Waals surface area contributed by atoms with E-state index in [0.29, 0.717) is 17.7 Å². The summed E-state index contributed by atoms with van der Waals surface area (Å²) >= 11 is 0. The van der Waals surface area contributed by atoms with Gasteiger partial charge < -0.3 is 19.4 Å². The van der Waals surface area contributed by atoms with Gasteiger partial charge in [-0.1, -0.05) is 32.9 Å². The summed E-state index contributed by atoms with van der Waals surface area (Å²) in [7, 11) is 0. The summed E-state index contributed by atoms with van der Waals surface area (Å²) in [5, 5.41) is 2.54. The molecule has 0 spiro atoms. The molecule has 1 saturated heterocycles. The van der Waals surface area contributed by atoms with Crippen LogP contribution in [0.25, 0.3) is 0 Å². The molecule has 0 saturated carbocycles. The first-order valence-electron chi connectivity index (χ1n) is 11.4. The van der Waals surface area contributed by atoms with Gasteiger partial charge in [0.1, 0.15) is 6.54 Å². The lowest BCUT2D eigenvalue weighted by Crippen LogP contribution is -2.31. The molecule has 7 nitrogen and oxygen atoms in total. The third kappa shape index (κ3) is 6.32. The van der Waals surface area contributed by atoms with Crippen LogP contribution in [0.5, 0.6) is 0 Å². The molecule has 2 heterocycles. The second-order valence-corrected chi connectivity index (χ2v) is 9.62. The Morgan fingerprint density at radius 3 is 2.45 bits per heavy atom. The van der Waals surface area contributed by atoms with E-state index in [1.54, 1.807) is 12.1 Å². The van der Waals surface area contributed by atoms with E-state index in [4.69, 9.17) is 9.47 Å². The van der Waals surface area contributed by atoms with Gasteiger partial charge in [0.2, 0.25) is 5.78 Å². The lowest BCUT2D eigenvalue weighted by atomic mass is 9.87. The summed E-state index contributed by atoms with van der Waals surface area (Å²) in [5.41, 5.74) is 3.94. The van der Waals surface area contributed by atoms with Gasteiger partial charge in [-0.15, -0.1) is 0 Å². The smallest absolute Gasteiger partial charge is 0.325 e. The maximum absolute atomic E-state index is 12.6. The average Bonchev–Trinajstić information content (AvgIpc) is 3.39. The van der Waals surface area contributed by atoms with Gasteiger partial charge in [0.15, 0.2) is 6.61 Å². The number of benzene rings is 1. The molecule has 1 atom stereocenters. The van der Waals surface area contributed by atoms with Gasteiger partial charge in [-0.2, -0.15) is 0 Å². The van der Waals surface area contributed by atoms with Gasteiger partial charge in [-0.05, 0) is 55.9 Å². The van der Waals surface area contributed by atoms with Gasteiger partial charge in [0.05, 0.1) is 6.10 Å². The highest BCUT2D eigenvalue weighted by molar-refractivity contribution is 6.00. The highest BCUT2D eigenvalue weighted by Gasteiger charge is 2.22. The van der Waals surface area contributed by atoms with E-state index in [-0.39, 0.29) is 36.4 Å². The fourth-order valence-electron chi connectivity index (χ4n) is 4.01. The minimum atomic E-state index is -0.656. The predicted octanol–water partition coefficient (Wildman–Crippen LogP) is 3.74. The summed E-state index contributed by atoms with van der Waals surface area (Å²) in [6, 6.07) is 9.10. The highest BCUT2D eigenvalue weighted by atomic mass is 16.5. The molecule has 0 aliphatic carbocycles. The lowest BCUT2D eigenvalue weighted by molar-refractivity contribution is -0.141. The molecule has 1 fully saturated rings. The molecule has 1 N–H and O–H groups in total. The van der Waals surface area contributed by atoms with Crippen molar-refractivity contribution in [1.29, 1.82) is 0 Å². The van der Waals surface area contributed by atoms with Crippen LogP contribution in [0.2, 0.25) is 0 Å². The molecule has 2 aromatic rings. The molecule has 7 heteroatoms. The standard InChI is InChI=1S/C26H34N2O5/c1-17-13-22(18(2)28(17)15-21-7-6-12-32-21)23(29)16-33-24(30)14-27-25(31)19-8-10-20(11-9-19)26(3,4)5/h8-11,13,21H,6-7,12,14-16H2,1-5H3,(H,27,31). The molecule has 0 radical (unpaired) electrons. The molecular weight excluding hydrogens is 420 g/mol.